The smallest absolute Gasteiger partial charge is 0.220 e. The molecule has 1 amide bonds. The maximum atomic E-state index is 11.4. The van der Waals surface area contributed by atoms with Gasteiger partial charge in [0.1, 0.15) is 0 Å². The SMILES string of the molecule is CCC1CCCC12CC(=O)NC2C. The average molecular weight is 181 g/mol. The first-order valence-corrected chi connectivity index (χ1v) is 5.48. The van der Waals surface area contributed by atoms with Gasteiger partial charge < -0.3 is 5.32 Å². The van der Waals surface area contributed by atoms with E-state index in [0.717, 1.165) is 12.3 Å². The molecule has 74 valence electrons. The van der Waals surface area contributed by atoms with Gasteiger partial charge in [-0.2, -0.15) is 0 Å². The first kappa shape index (κ1) is 9.04. The molecule has 1 saturated heterocycles. The van der Waals surface area contributed by atoms with E-state index >= 15 is 0 Å². The molecule has 3 atom stereocenters. The highest BCUT2D eigenvalue weighted by Gasteiger charge is 2.51. The fraction of sp³-hybridized carbons (Fsp3) is 0.909. The molecule has 0 aromatic heterocycles. The molecule has 1 aliphatic carbocycles. The van der Waals surface area contributed by atoms with Gasteiger partial charge in [-0.1, -0.05) is 19.8 Å². The molecule has 1 heterocycles. The summed E-state index contributed by atoms with van der Waals surface area (Å²) in [6.45, 7) is 4.44. The lowest BCUT2D eigenvalue weighted by Gasteiger charge is -2.33. The van der Waals surface area contributed by atoms with Crippen molar-refractivity contribution in [2.24, 2.45) is 11.3 Å². The van der Waals surface area contributed by atoms with Gasteiger partial charge in [-0.15, -0.1) is 0 Å². The molecular weight excluding hydrogens is 162 g/mol. The molecule has 0 radical (unpaired) electrons. The molecule has 1 aliphatic heterocycles. The average Bonchev–Trinajstić information content (AvgIpc) is 2.59. The van der Waals surface area contributed by atoms with Crippen LogP contribution in [-0.2, 0) is 4.79 Å². The van der Waals surface area contributed by atoms with Gasteiger partial charge in [0.25, 0.3) is 0 Å². The zero-order valence-electron chi connectivity index (χ0n) is 8.60. The van der Waals surface area contributed by atoms with Gasteiger partial charge in [-0.05, 0) is 25.7 Å². The molecule has 0 bridgehead atoms. The highest BCUT2D eigenvalue weighted by molar-refractivity contribution is 5.80. The predicted octanol–water partition coefficient (Wildman–Crippen LogP) is 2.09. The number of amides is 1. The molecule has 2 heteroatoms. The Kier molecular flexibility index (Phi) is 2.09. The Bertz CT molecular complexity index is 226. The molecule has 1 saturated carbocycles. The van der Waals surface area contributed by atoms with Crippen LogP contribution in [-0.4, -0.2) is 11.9 Å². The Labute approximate surface area is 80.1 Å². The minimum absolute atomic E-state index is 0.271. The Morgan fingerprint density at radius 1 is 1.62 bits per heavy atom. The molecule has 1 spiro atoms. The van der Waals surface area contributed by atoms with Crippen molar-refractivity contribution in [2.75, 3.05) is 0 Å². The summed E-state index contributed by atoms with van der Waals surface area (Å²) in [5.74, 6) is 1.05. The van der Waals surface area contributed by atoms with Crippen LogP contribution in [0.2, 0.25) is 0 Å². The Hall–Kier alpha value is -0.530. The molecule has 1 N–H and O–H groups in total. The third-order valence-electron chi connectivity index (χ3n) is 4.23. The van der Waals surface area contributed by atoms with Crippen molar-refractivity contribution in [3.05, 3.63) is 0 Å². The highest BCUT2D eigenvalue weighted by atomic mass is 16.2. The summed E-state index contributed by atoms with van der Waals surface area (Å²) in [5.41, 5.74) is 0.325. The second-order valence-corrected chi connectivity index (χ2v) is 4.70. The summed E-state index contributed by atoms with van der Waals surface area (Å²) in [6.07, 6.45) is 5.92. The van der Waals surface area contributed by atoms with Crippen molar-refractivity contribution < 1.29 is 4.79 Å². The van der Waals surface area contributed by atoms with Crippen molar-refractivity contribution >= 4 is 5.91 Å². The van der Waals surface area contributed by atoms with E-state index in [4.69, 9.17) is 0 Å². The van der Waals surface area contributed by atoms with Crippen molar-refractivity contribution in [1.29, 1.82) is 0 Å². The second-order valence-electron chi connectivity index (χ2n) is 4.70. The zero-order valence-corrected chi connectivity index (χ0v) is 8.60. The van der Waals surface area contributed by atoms with Gasteiger partial charge in [0, 0.05) is 17.9 Å². The highest BCUT2D eigenvalue weighted by Crippen LogP contribution is 2.52. The van der Waals surface area contributed by atoms with Crippen LogP contribution in [0.3, 0.4) is 0 Å². The molecule has 2 aliphatic rings. The number of hydrogen-bond acceptors (Lipinski definition) is 1. The molecule has 0 aromatic rings. The maximum absolute atomic E-state index is 11.4. The monoisotopic (exact) mass is 181 g/mol. The topological polar surface area (TPSA) is 29.1 Å². The third-order valence-corrected chi connectivity index (χ3v) is 4.23. The van der Waals surface area contributed by atoms with E-state index in [2.05, 4.69) is 19.2 Å². The first-order chi connectivity index (χ1) is 6.19. The summed E-state index contributed by atoms with van der Waals surface area (Å²) in [5, 5.41) is 3.07. The molecule has 2 rings (SSSR count). The van der Waals surface area contributed by atoms with E-state index in [0.29, 0.717) is 11.5 Å². The standard InChI is InChI=1S/C11H19NO/c1-3-9-5-4-6-11(9)7-10(13)12-8(11)2/h8-9H,3-7H2,1-2H3,(H,12,13). The number of rotatable bonds is 1. The van der Waals surface area contributed by atoms with E-state index in [-0.39, 0.29) is 5.91 Å². The van der Waals surface area contributed by atoms with Crippen LogP contribution < -0.4 is 5.32 Å². The largest absolute Gasteiger partial charge is 0.353 e. The van der Waals surface area contributed by atoms with Crippen LogP contribution in [0.1, 0.15) is 46.0 Å². The number of nitrogens with one attached hydrogen (secondary N) is 1. The van der Waals surface area contributed by atoms with Gasteiger partial charge in [0.05, 0.1) is 0 Å². The number of carbonyl (C=O) groups excluding carboxylic acids is 1. The van der Waals surface area contributed by atoms with E-state index in [1.165, 1.54) is 25.7 Å². The molecule has 3 unspecified atom stereocenters. The van der Waals surface area contributed by atoms with Crippen LogP contribution in [0, 0.1) is 11.3 Å². The minimum Gasteiger partial charge on any atom is -0.353 e. The Balaban J connectivity index is 2.23. The summed E-state index contributed by atoms with van der Waals surface area (Å²) in [4.78, 5) is 11.4. The van der Waals surface area contributed by atoms with E-state index in [9.17, 15) is 4.79 Å². The third kappa shape index (κ3) is 1.18. The fourth-order valence-corrected chi connectivity index (χ4v) is 3.47. The first-order valence-electron chi connectivity index (χ1n) is 5.48. The van der Waals surface area contributed by atoms with Gasteiger partial charge in [-0.25, -0.2) is 0 Å². The van der Waals surface area contributed by atoms with Crippen molar-refractivity contribution in [3.63, 3.8) is 0 Å². The lowest BCUT2D eigenvalue weighted by atomic mass is 9.71. The molecule has 2 nitrogen and oxygen atoms in total. The van der Waals surface area contributed by atoms with Crippen LogP contribution >= 0.6 is 0 Å². The maximum Gasteiger partial charge on any atom is 0.220 e. The number of hydrogen-bond donors (Lipinski definition) is 1. The summed E-state index contributed by atoms with van der Waals surface area (Å²) in [7, 11) is 0. The van der Waals surface area contributed by atoms with Crippen LogP contribution in [0.15, 0.2) is 0 Å². The molecular formula is C11H19NO. The fourth-order valence-electron chi connectivity index (χ4n) is 3.47. The van der Waals surface area contributed by atoms with E-state index < -0.39 is 0 Å². The van der Waals surface area contributed by atoms with Crippen molar-refractivity contribution in [2.45, 2.75) is 52.0 Å². The van der Waals surface area contributed by atoms with Gasteiger partial charge in [-0.3, -0.25) is 4.79 Å². The van der Waals surface area contributed by atoms with Gasteiger partial charge in [0.15, 0.2) is 0 Å². The second kappa shape index (κ2) is 3.00. The van der Waals surface area contributed by atoms with E-state index in [1.807, 2.05) is 0 Å². The van der Waals surface area contributed by atoms with Crippen molar-refractivity contribution in [3.8, 4) is 0 Å². The minimum atomic E-state index is 0.271. The Morgan fingerprint density at radius 3 is 2.92 bits per heavy atom. The van der Waals surface area contributed by atoms with E-state index in [1.54, 1.807) is 0 Å². The van der Waals surface area contributed by atoms with Crippen LogP contribution in [0.25, 0.3) is 0 Å². The molecule has 2 fully saturated rings. The predicted molar refractivity (Wildman–Crippen MR) is 52.3 cm³/mol. The normalized spacial score (nSPS) is 44.3. The van der Waals surface area contributed by atoms with Gasteiger partial charge >= 0.3 is 0 Å². The van der Waals surface area contributed by atoms with Crippen LogP contribution in [0.4, 0.5) is 0 Å². The van der Waals surface area contributed by atoms with Crippen LogP contribution in [0.5, 0.6) is 0 Å². The lowest BCUT2D eigenvalue weighted by Crippen LogP contribution is -2.37. The molecule has 13 heavy (non-hydrogen) atoms. The summed E-state index contributed by atoms with van der Waals surface area (Å²) in [6, 6.07) is 0.410. The Morgan fingerprint density at radius 2 is 2.38 bits per heavy atom. The number of carbonyl (C=O) groups is 1. The quantitative estimate of drug-likeness (QED) is 0.659. The summed E-state index contributed by atoms with van der Waals surface area (Å²) < 4.78 is 0. The molecule has 0 aromatic carbocycles. The van der Waals surface area contributed by atoms with Gasteiger partial charge in [0.2, 0.25) is 5.91 Å². The summed E-state index contributed by atoms with van der Waals surface area (Å²) >= 11 is 0. The van der Waals surface area contributed by atoms with Crippen molar-refractivity contribution in [1.82, 2.24) is 5.32 Å². The lowest BCUT2D eigenvalue weighted by molar-refractivity contribution is -0.119. The zero-order chi connectivity index (χ0) is 9.47.